The lowest BCUT2D eigenvalue weighted by Gasteiger charge is -2.25. The standard InChI is InChI=1S/C13H24N2O2/c1-11(2)9-15(7-5-6-14)13(16)8-12(3)10-17-4/h11-12H,5,7-10H2,1-4H3. The van der Waals surface area contributed by atoms with Crippen LogP contribution in [0.5, 0.6) is 0 Å². The SMILES string of the molecule is COCC(C)CC(=O)N(CCC#N)CC(C)C. The zero-order valence-electron chi connectivity index (χ0n) is 11.4. The molecular formula is C13H24N2O2. The molecule has 0 aromatic rings. The van der Waals surface area contributed by atoms with Gasteiger partial charge in [0.25, 0.3) is 0 Å². The molecule has 1 unspecified atom stereocenters. The highest BCUT2D eigenvalue weighted by molar-refractivity contribution is 5.76. The molecular weight excluding hydrogens is 216 g/mol. The fraction of sp³-hybridized carbons (Fsp3) is 0.846. The molecule has 0 bridgehead atoms. The smallest absolute Gasteiger partial charge is 0.222 e. The number of nitriles is 1. The van der Waals surface area contributed by atoms with Gasteiger partial charge in [-0.3, -0.25) is 4.79 Å². The van der Waals surface area contributed by atoms with E-state index in [9.17, 15) is 4.79 Å². The van der Waals surface area contributed by atoms with Crippen molar-refractivity contribution in [3.63, 3.8) is 0 Å². The number of nitrogens with zero attached hydrogens (tertiary/aromatic N) is 2. The minimum atomic E-state index is 0.124. The molecule has 0 saturated carbocycles. The molecule has 0 aliphatic rings. The Bertz CT molecular complexity index is 259. The van der Waals surface area contributed by atoms with E-state index >= 15 is 0 Å². The number of carbonyl (C=O) groups is 1. The molecule has 0 radical (unpaired) electrons. The first-order valence-electron chi connectivity index (χ1n) is 6.14. The molecule has 0 saturated heterocycles. The molecule has 17 heavy (non-hydrogen) atoms. The number of rotatable bonds is 8. The van der Waals surface area contributed by atoms with Crippen molar-refractivity contribution in [1.29, 1.82) is 5.26 Å². The molecule has 0 aromatic heterocycles. The third kappa shape index (κ3) is 7.76. The van der Waals surface area contributed by atoms with Crippen LogP contribution in [0.3, 0.4) is 0 Å². The average molecular weight is 240 g/mol. The van der Waals surface area contributed by atoms with Crippen LogP contribution < -0.4 is 0 Å². The Kier molecular flexibility index (Phi) is 8.43. The van der Waals surface area contributed by atoms with Gasteiger partial charge in [0.2, 0.25) is 5.91 Å². The van der Waals surface area contributed by atoms with Crippen LogP contribution in [-0.2, 0) is 9.53 Å². The van der Waals surface area contributed by atoms with Crippen molar-refractivity contribution >= 4 is 5.91 Å². The third-order valence-electron chi connectivity index (χ3n) is 2.41. The Balaban J connectivity index is 4.26. The number of ether oxygens (including phenoxy) is 1. The van der Waals surface area contributed by atoms with E-state index in [0.717, 1.165) is 6.54 Å². The third-order valence-corrected chi connectivity index (χ3v) is 2.41. The van der Waals surface area contributed by atoms with E-state index in [1.165, 1.54) is 0 Å². The molecule has 0 heterocycles. The molecule has 0 aliphatic carbocycles. The summed E-state index contributed by atoms with van der Waals surface area (Å²) < 4.78 is 5.02. The summed E-state index contributed by atoms with van der Waals surface area (Å²) in [4.78, 5) is 13.8. The Morgan fingerprint density at radius 2 is 2.06 bits per heavy atom. The molecule has 1 atom stereocenters. The van der Waals surface area contributed by atoms with Gasteiger partial charge in [-0.15, -0.1) is 0 Å². The maximum Gasteiger partial charge on any atom is 0.222 e. The summed E-state index contributed by atoms with van der Waals surface area (Å²) in [6, 6.07) is 2.09. The predicted molar refractivity (Wildman–Crippen MR) is 67.3 cm³/mol. The highest BCUT2D eigenvalue weighted by Gasteiger charge is 2.17. The van der Waals surface area contributed by atoms with Crippen molar-refractivity contribution in [3.8, 4) is 6.07 Å². The number of hydrogen-bond donors (Lipinski definition) is 0. The number of methoxy groups -OCH3 is 1. The van der Waals surface area contributed by atoms with Gasteiger partial charge in [0.05, 0.1) is 12.5 Å². The fourth-order valence-electron chi connectivity index (χ4n) is 1.71. The van der Waals surface area contributed by atoms with Crippen molar-refractivity contribution in [3.05, 3.63) is 0 Å². The van der Waals surface area contributed by atoms with Crippen LogP contribution >= 0.6 is 0 Å². The zero-order chi connectivity index (χ0) is 13.3. The van der Waals surface area contributed by atoms with Crippen molar-refractivity contribution in [2.75, 3.05) is 26.8 Å². The monoisotopic (exact) mass is 240 g/mol. The van der Waals surface area contributed by atoms with Crippen LogP contribution in [0.4, 0.5) is 0 Å². The molecule has 0 rings (SSSR count). The van der Waals surface area contributed by atoms with E-state index in [4.69, 9.17) is 10.00 Å². The summed E-state index contributed by atoms with van der Waals surface area (Å²) >= 11 is 0. The molecule has 4 heteroatoms. The quantitative estimate of drug-likeness (QED) is 0.652. The molecule has 0 N–H and O–H groups in total. The molecule has 0 fully saturated rings. The lowest BCUT2D eigenvalue weighted by molar-refractivity contribution is -0.133. The van der Waals surface area contributed by atoms with Gasteiger partial charge in [0, 0.05) is 33.2 Å². The fourth-order valence-corrected chi connectivity index (χ4v) is 1.71. The highest BCUT2D eigenvalue weighted by Crippen LogP contribution is 2.08. The summed E-state index contributed by atoms with van der Waals surface area (Å²) in [7, 11) is 1.64. The van der Waals surface area contributed by atoms with Crippen molar-refractivity contribution in [2.24, 2.45) is 11.8 Å². The van der Waals surface area contributed by atoms with E-state index in [0.29, 0.717) is 31.9 Å². The second kappa shape index (κ2) is 9.00. The van der Waals surface area contributed by atoms with E-state index in [-0.39, 0.29) is 11.8 Å². The summed E-state index contributed by atoms with van der Waals surface area (Å²) in [5, 5.41) is 8.59. The second-order valence-electron chi connectivity index (χ2n) is 4.91. The van der Waals surface area contributed by atoms with Gasteiger partial charge >= 0.3 is 0 Å². The van der Waals surface area contributed by atoms with Gasteiger partial charge in [-0.05, 0) is 11.8 Å². The van der Waals surface area contributed by atoms with Crippen molar-refractivity contribution in [1.82, 2.24) is 4.90 Å². The van der Waals surface area contributed by atoms with Gasteiger partial charge in [-0.2, -0.15) is 5.26 Å². The first-order chi connectivity index (χ1) is 8.01. The molecule has 1 amide bonds. The van der Waals surface area contributed by atoms with Gasteiger partial charge in [-0.1, -0.05) is 20.8 Å². The van der Waals surface area contributed by atoms with Gasteiger partial charge in [0.1, 0.15) is 0 Å². The molecule has 0 aliphatic heterocycles. The van der Waals surface area contributed by atoms with E-state index in [1.54, 1.807) is 12.0 Å². The Hall–Kier alpha value is -1.08. The summed E-state index contributed by atoms with van der Waals surface area (Å²) in [5.74, 6) is 0.776. The van der Waals surface area contributed by atoms with Gasteiger partial charge < -0.3 is 9.64 Å². The maximum atomic E-state index is 12.0. The number of hydrogen-bond acceptors (Lipinski definition) is 3. The summed E-state index contributed by atoms with van der Waals surface area (Å²) in [6.45, 7) is 8.00. The van der Waals surface area contributed by atoms with Crippen LogP contribution in [0.2, 0.25) is 0 Å². The van der Waals surface area contributed by atoms with Gasteiger partial charge in [0.15, 0.2) is 0 Å². The minimum Gasteiger partial charge on any atom is -0.384 e. The van der Waals surface area contributed by atoms with Gasteiger partial charge in [-0.25, -0.2) is 0 Å². The Morgan fingerprint density at radius 3 is 2.53 bits per heavy atom. The normalized spacial score (nSPS) is 12.2. The molecule has 98 valence electrons. The first kappa shape index (κ1) is 15.9. The minimum absolute atomic E-state index is 0.124. The lowest BCUT2D eigenvalue weighted by atomic mass is 10.1. The summed E-state index contributed by atoms with van der Waals surface area (Å²) in [5.41, 5.74) is 0. The topological polar surface area (TPSA) is 53.3 Å². The predicted octanol–water partition coefficient (Wildman–Crippen LogP) is 2.06. The number of carbonyl (C=O) groups excluding carboxylic acids is 1. The van der Waals surface area contributed by atoms with Crippen LogP contribution in [0, 0.1) is 23.2 Å². The first-order valence-corrected chi connectivity index (χ1v) is 6.14. The lowest BCUT2D eigenvalue weighted by Crippen LogP contribution is -2.36. The van der Waals surface area contributed by atoms with Crippen LogP contribution in [-0.4, -0.2) is 37.6 Å². The number of amides is 1. The molecule has 4 nitrogen and oxygen atoms in total. The largest absolute Gasteiger partial charge is 0.384 e. The Labute approximate surface area is 105 Å². The molecule has 0 aromatic carbocycles. The Morgan fingerprint density at radius 1 is 1.41 bits per heavy atom. The highest BCUT2D eigenvalue weighted by atomic mass is 16.5. The van der Waals surface area contributed by atoms with Crippen molar-refractivity contribution in [2.45, 2.75) is 33.6 Å². The maximum absolute atomic E-state index is 12.0. The van der Waals surface area contributed by atoms with Crippen LogP contribution in [0.1, 0.15) is 33.6 Å². The van der Waals surface area contributed by atoms with E-state index in [1.807, 2.05) is 6.92 Å². The van der Waals surface area contributed by atoms with Crippen LogP contribution in [0.15, 0.2) is 0 Å². The van der Waals surface area contributed by atoms with Crippen molar-refractivity contribution < 1.29 is 9.53 Å². The van der Waals surface area contributed by atoms with Crippen LogP contribution in [0.25, 0.3) is 0 Å². The second-order valence-corrected chi connectivity index (χ2v) is 4.91. The average Bonchev–Trinajstić information content (AvgIpc) is 2.23. The molecule has 0 spiro atoms. The summed E-state index contributed by atoms with van der Waals surface area (Å²) in [6.07, 6.45) is 0.892. The van der Waals surface area contributed by atoms with E-state index < -0.39 is 0 Å². The van der Waals surface area contributed by atoms with E-state index in [2.05, 4.69) is 19.9 Å². The zero-order valence-corrected chi connectivity index (χ0v) is 11.4.